The van der Waals surface area contributed by atoms with Crippen LogP contribution in [0.2, 0.25) is 0 Å². The largest absolute Gasteiger partial charge is 0.277 e. The minimum absolute atomic E-state index is 0.286. The van der Waals surface area contributed by atoms with Gasteiger partial charge in [-0.05, 0) is 51.6 Å². The van der Waals surface area contributed by atoms with Crippen LogP contribution in [-0.4, -0.2) is 15.0 Å². The Morgan fingerprint density at radius 2 is 1.34 bits per heavy atom. The fourth-order valence-electron chi connectivity index (χ4n) is 7.80. The fraction of sp³-hybridized carbons (Fsp3) is 0.0714. The van der Waals surface area contributed by atoms with Gasteiger partial charge in [-0.15, -0.1) is 11.3 Å². The molecule has 0 unspecified atom stereocenters. The van der Waals surface area contributed by atoms with Crippen molar-refractivity contribution in [3.05, 3.63) is 145 Å². The van der Waals surface area contributed by atoms with Crippen molar-refractivity contribution < 1.29 is 0 Å². The summed E-state index contributed by atoms with van der Waals surface area (Å²) in [7, 11) is 0. The Morgan fingerprint density at radius 1 is 0.617 bits per heavy atom. The minimum Gasteiger partial charge on any atom is -0.277 e. The molecular formula is C42H28N4S. The van der Waals surface area contributed by atoms with Gasteiger partial charge >= 0.3 is 0 Å². The molecule has 10 rings (SSSR count). The summed E-state index contributed by atoms with van der Waals surface area (Å²) in [6.45, 7) is 4.71. The quantitative estimate of drug-likeness (QED) is 0.180. The van der Waals surface area contributed by atoms with Gasteiger partial charge in [0.25, 0.3) is 0 Å². The zero-order valence-corrected chi connectivity index (χ0v) is 26.7. The molecule has 6 aromatic carbocycles. The number of thiophene rings is 1. The molecule has 0 amide bonds. The molecule has 0 N–H and O–H groups in total. The Kier molecular flexibility index (Phi) is 5.47. The van der Waals surface area contributed by atoms with Gasteiger partial charge in [0.1, 0.15) is 4.83 Å². The van der Waals surface area contributed by atoms with E-state index in [1.807, 2.05) is 12.3 Å². The molecule has 0 atom stereocenters. The predicted molar refractivity (Wildman–Crippen MR) is 197 cm³/mol. The normalized spacial score (nSPS) is 13.9. The summed E-state index contributed by atoms with van der Waals surface area (Å²) in [6, 6.07) is 45.3. The van der Waals surface area contributed by atoms with Crippen molar-refractivity contribution in [2.24, 2.45) is 0 Å². The molecule has 222 valence electrons. The SMILES string of the molecule is CC1(C)c2ccccc2N(c2nc(-c3ccccc3)c3ccc4ccccc4c3n2)c2c1c1ccccc1c1c2sc2ncccc21. The third-order valence-electron chi connectivity index (χ3n) is 9.88. The summed E-state index contributed by atoms with van der Waals surface area (Å²) in [6.07, 6.45) is 1.90. The molecule has 0 saturated carbocycles. The van der Waals surface area contributed by atoms with E-state index in [4.69, 9.17) is 15.0 Å². The molecule has 0 bridgehead atoms. The standard InChI is InChI=1S/C42H28N4S/c1-42(2)32-20-10-11-21-33(32)46(38-35(42)29-18-9-8-17-28(29)34-30-19-12-24-43-40(30)47-39(34)38)41-44-36(26-14-4-3-5-15-26)31-23-22-25-13-6-7-16-27(25)37(31)45-41/h3-24H,1-2H3. The average molecular weight is 621 g/mol. The second-order valence-corrected chi connectivity index (χ2v) is 13.8. The van der Waals surface area contributed by atoms with Crippen LogP contribution in [0.15, 0.2) is 134 Å². The Hall–Kier alpha value is -5.65. The molecule has 9 aromatic rings. The van der Waals surface area contributed by atoms with Crippen molar-refractivity contribution in [2.75, 3.05) is 4.90 Å². The first-order valence-corrected chi connectivity index (χ1v) is 16.8. The molecule has 47 heavy (non-hydrogen) atoms. The molecular weight excluding hydrogens is 593 g/mol. The maximum atomic E-state index is 5.50. The highest BCUT2D eigenvalue weighted by molar-refractivity contribution is 7.26. The van der Waals surface area contributed by atoms with E-state index in [0.717, 1.165) is 49.1 Å². The smallest absolute Gasteiger partial charge is 0.235 e. The third-order valence-corrected chi connectivity index (χ3v) is 11.0. The van der Waals surface area contributed by atoms with Crippen molar-refractivity contribution in [3.8, 4) is 11.3 Å². The summed E-state index contributed by atoms with van der Waals surface area (Å²) < 4.78 is 1.21. The molecule has 1 aliphatic rings. The van der Waals surface area contributed by atoms with Gasteiger partial charge in [0.2, 0.25) is 5.95 Å². The number of rotatable bonds is 2. The lowest BCUT2D eigenvalue weighted by Gasteiger charge is -2.42. The van der Waals surface area contributed by atoms with E-state index >= 15 is 0 Å². The van der Waals surface area contributed by atoms with E-state index in [9.17, 15) is 0 Å². The number of fused-ring (bicyclic) bond motifs is 12. The number of hydrogen-bond donors (Lipinski definition) is 0. The topological polar surface area (TPSA) is 41.9 Å². The molecule has 1 aliphatic heterocycles. The van der Waals surface area contributed by atoms with E-state index in [1.54, 1.807) is 11.3 Å². The first kappa shape index (κ1) is 26.6. The maximum Gasteiger partial charge on any atom is 0.235 e. The van der Waals surface area contributed by atoms with Crippen molar-refractivity contribution in [3.63, 3.8) is 0 Å². The predicted octanol–water partition coefficient (Wildman–Crippen LogP) is 11.5. The Labute approximate surface area is 275 Å². The Balaban J connectivity index is 1.42. The molecule has 0 radical (unpaired) electrons. The number of nitrogens with zero attached hydrogens (tertiary/aromatic N) is 4. The average Bonchev–Trinajstić information content (AvgIpc) is 3.52. The van der Waals surface area contributed by atoms with Crippen LogP contribution < -0.4 is 4.90 Å². The third kappa shape index (κ3) is 3.66. The minimum atomic E-state index is -0.286. The summed E-state index contributed by atoms with van der Waals surface area (Å²) in [5.74, 6) is 0.666. The highest BCUT2D eigenvalue weighted by Crippen LogP contribution is 2.58. The van der Waals surface area contributed by atoms with Crippen LogP contribution in [0.25, 0.3) is 64.0 Å². The molecule has 0 spiro atoms. The van der Waals surface area contributed by atoms with Gasteiger partial charge in [0, 0.05) is 38.7 Å². The van der Waals surface area contributed by atoms with E-state index in [1.165, 1.54) is 37.4 Å². The highest BCUT2D eigenvalue weighted by atomic mass is 32.1. The number of hydrogen-bond acceptors (Lipinski definition) is 5. The number of benzene rings is 6. The van der Waals surface area contributed by atoms with Gasteiger partial charge < -0.3 is 0 Å². The number of para-hydroxylation sites is 1. The molecule has 0 aliphatic carbocycles. The first-order valence-electron chi connectivity index (χ1n) is 16.0. The second kappa shape index (κ2) is 9.68. The Bertz CT molecular complexity index is 2730. The van der Waals surface area contributed by atoms with Crippen LogP contribution in [0, 0.1) is 0 Å². The van der Waals surface area contributed by atoms with Crippen molar-refractivity contribution in [1.29, 1.82) is 0 Å². The summed E-state index contributed by atoms with van der Waals surface area (Å²) in [5, 5.41) is 8.24. The monoisotopic (exact) mass is 620 g/mol. The lowest BCUT2D eigenvalue weighted by molar-refractivity contribution is 0.638. The molecule has 0 fully saturated rings. The number of anilines is 3. The fourth-order valence-corrected chi connectivity index (χ4v) is 9.00. The first-order chi connectivity index (χ1) is 23.1. The van der Waals surface area contributed by atoms with Crippen LogP contribution in [-0.2, 0) is 5.41 Å². The summed E-state index contributed by atoms with van der Waals surface area (Å²) in [4.78, 5) is 19.2. The van der Waals surface area contributed by atoms with Crippen LogP contribution >= 0.6 is 11.3 Å². The molecule has 3 aromatic heterocycles. The molecule has 5 heteroatoms. The van der Waals surface area contributed by atoms with Gasteiger partial charge in [0.15, 0.2) is 0 Å². The van der Waals surface area contributed by atoms with Crippen LogP contribution in [0.4, 0.5) is 17.3 Å². The van der Waals surface area contributed by atoms with Gasteiger partial charge in [-0.3, -0.25) is 4.90 Å². The number of aromatic nitrogens is 3. The van der Waals surface area contributed by atoms with Crippen LogP contribution in [0.3, 0.4) is 0 Å². The lowest BCUT2D eigenvalue weighted by atomic mass is 9.71. The van der Waals surface area contributed by atoms with Gasteiger partial charge in [0.05, 0.1) is 27.3 Å². The van der Waals surface area contributed by atoms with Gasteiger partial charge in [-0.1, -0.05) is 117 Å². The van der Waals surface area contributed by atoms with E-state index in [2.05, 4.69) is 140 Å². The van der Waals surface area contributed by atoms with Crippen molar-refractivity contribution >= 4 is 81.4 Å². The van der Waals surface area contributed by atoms with E-state index in [0.29, 0.717) is 5.95 Å². The second-order valence-electron chi connectivity index (χ2n) is 12.8. The van der Waals surface area contributed by atoms with Crippen LogP contribution in [0.5, 0.6) is 0 Å². The number of pyridine rings is 1. The van der Waals surface area contributed by atoms with Crippen LogP contribution in [0.1, 0.15) is 25.0 Å². The van der Waals surface area contributed by atoms with Crippen molar-refractivity contribution in [1.82, 2.24) is 15.0 Å². The van der Waals surface area contributed by atoms with E-state index < -0.39 is 0 Å². The molecule has 0 saturated heterocycles. The molecule has 4 nitrogen and oxygen atoms in total. The zero-order valence-electron chi connectivity index (χ0n) is 25.9. The Morgan fingerprint density at radius 3 is 2.21 bits per heavy atom. The van der Waals surface area contributed by atoms with Crippen molar-refractivity contribution in [2.45, 2.75) is 19.3 Å². The van der Waals surface area contributed by atoms with Gasteiger partial charge in [-0.2, -0.15) is 0 Å². The van der Waals surface area contributed by atoms with Gasteiger partial charge in [-0.25, -0.2) is 15.0 Å². The summed E-state index contributed by atoms with van der Waals surface area (Å²) >= 11 is 1.76. The zero-order chi connectivity index (χ0) is 31.3. The van der Waals surface area contributed by atoms with E-state index in [-0.39, 0.29) is 5.41 Å². The molecule has 4 heterocycles. The lowest BCUT2D eigenvalue weighted by Crippen LogP contribution is -2.31. The maximum absolute atomic E-state index is 5.50. The highest BCUT2D eigenvalue weighted by Gasteiger charge is 2.41. The summed E-state index contributed by atoms with van der Waals surface area (Å²) in [5.41, 5.74) is 7.44.